The fourth-order valence-corrected chi connectivity index (χ4v) is 4.17. The van der Waals surface area contributed by atoms with E-state index in [1.165, 1.54) is 15.0 Å². The van der Waals surface area contributed by atoms with Crippen molar-refractivity contribution in [1.82, 2.24) is 9.97 Å². The first-order chi connectivity index (χ1) is 9.31. The number of thiazole rings is 2. The van der Waals surface area contributed by atoms with Gasteiger partial charge in [0.15, 0.2) is 10.0 Å². The van der Waals surface area contributed by atoms with Gasteiger partial charge >= 0.3 is 0 Å². The van der Waals surface area contributed by atoms with Crippen LogP contribution < -0.4 is 0 Å². The molecule has 0 aliphatic heterocycles. The number of para-hydroxylation sites is 2. The highest BCUT2D eigenvalue weighted by Crippen LogP contribution is 2.35. The number of fused-ring (bicyclic) bond motifs is 2. The fourth-order valence-electron chi connectivity index (χ4n) is 2.14. The predicted octanol–water partition coefficient (Wildman–Crippen LogP) is 4.88. The maximum Gasteiger partial charge on any atom is 0.153 e. The molecule has 19 heavy (non-hydrogen) atoms. The molecule has 4 heteroatoms. The van der Waals surface area contributed by atoms with Gasteiger partial charge in [-0.05, 0) is 30.7 Å². The lowest BCUT2D eigenvalue weighted by Gasteiger charge is -1.90. The molecule has 2 nitrogen and oxygen atoms in total. The minimum Gasteiger partial charge on any atom is -0.233 e. The van der Waals surface area contributed by atoms with Gasteiger partial charge in [-0.3, -0.25) is 0 Å². The van der Waals surface area contributed by atoms with Gasteiger partial charge in [-0.15, -0.1) is 22.7 Å². The Bertz CT molecular complexity index is 856. The molecule has 2 aromatic heterocycles. The Labute approximate surface area is 118 Å². The molecule has 2 heterocycles. The zero-order valence-corrected chi connectivity index (χ0v) is 11.9. The molecule has 0 amide bonds. The first-order valence-electron chi connectivity index (χ1n) is 6.03. The molecule has 0 unspecified atom stereocenters. The standard InChI is InChI=1S/C15H10N2S2/c1-9-5-4-8-12-13(9)17-15(19-12)14-16-10-6-2-3-7-11(10)18-14/h2-8H,1H3. The molecule has 0 bridgehead atoms. The quantitative estimate of drug-likeness (QED) is 0.497. The van der Waals surface area contributed by atoms with Crippen molar-refractivity contribution < 1.29 is 0 Å². The van der Waals surface area contributed by atoms with Crippen LogP contribution in [0.2, 0.25) is 0 Å². The highest BCUT2D eigenvalue weighted by atomic mass is 32.1. The lowest BCUT2D eigenvalue weighted by atomic mass is 10.2. The molecule has 4 rings (SSSR count). The molecular formula is C15H10N2S2. The van der Waals surface area contributed by atoms with Gasteiger partial charge in [0, 0.05) is 0 Å². The maximum absolute atomic E-state index is 4.74. The minimum atomic E-state index is 1.02. The smallest absolute Gasteiger partial charge is 0.153 e. The Morgan fingerprint density at radius 3 is 2.37 bits per heavy atom. The van der Waals surface area contributed by atoms with E-state index in [0.29, 0.717) is 0 Å². The summed E-state index contributed by atoms with van der Waals surface area (Å²) < 4.78 is 2.45. The zero-order valence-electron chi connectivity index (χ0n) is 10.3. The fraction of sp³-hybridized carbons (Fsp3) is 0.0667. The second kappa shape index (κ2) is 4.11. The maximum atomic E-state index is 4.74. The van der Waals surface area contributed by atoms with Crippen LogP contribution in [0.4, 0.5) is 0 Å². The van der Waals surface area contributed by atoms with Gasteiger partial charge in [-0.1, -0.05) is 24.3 Å². The van der Waals surface area contributed by atoms with Gasteiger partial charge in [0.05, 0.1) is 20.4 Å². The van der Waals surface area contributed by atoms with E-state index in [1.807, 2.05) is 18.2 Å². The topological polar surface area (TPSA) is 25.8 Å². The van der Waals surface area contributed by atoms with Crippen LogP contribution in [0.3, 0.4) is 0 Å². The number of nitrogens with zero attached hydrogens (tertiary/aromatic N) is 2. The van der Waals surface area contributed by atoms with Crippen molar-refractivity contribution in [2.24, 2.45) is 0 Å². The van der Waals surface area contributed by atoms with Crippen molar-refractivity contribution in [3.8, 4) is 10.0 Å². The molecule has 0 radical (unpaired) electrons. The molecule has 0 atom stereocenters. The van der Waals surface area contributed by atoms with Gasteiger partial charge in [-0.2, -0.15) is 0 Å². The van der Waals surface area contributed by atoms with Crippen molar-refractivity contribution in [2.45, 2.75) is 6.92 Å². The molecule has 0 aliphatic carbocycles. The summed E-state index contributed by atoms with van der Waals surface area (Å²) in [6.45, 7) is 2.10. The molecule has 0 N–H and O–H groups in total. The SMILES string of the molecule is Cc1cccc2sc(-c3nc4ccccc4s3)nc12. The van der Waals surface area contributed by atoms with Crippen LogP contribution in [0, 0.1) is 6.92 Å². The van der Waals surface area contributed by atoms with Gasteiger partial charge in [0.2, 0.25) is 0 Å². The monoisotopic (exact) mass is 282 g/mol. The van der Waals surface area contributed by atoms with Gasteiger partial charge < -0.3 is 0 Å². The lowest BCUT2D eigenvalue weighted by molar-refractivity contribution is 1.39. The van der Waals surface area contributed by atoms with Gasteiger partial charge in [0.1, 0.15) is 0 Å². The Kier molecular flexibility index (Phi) is 2.40. The Morgan fingerprint density at radius 1 is 0.789 bits per heavy atom. The molecule has 0 saturated carbocycles. The van der Waals surface area contributed by atoms with E-state index >= 15 is 0 Å². The third-order valence-electron chi connectivity index (χ3n) is 3.10. The van der Waals surface area contributed by atoms with Crippen LogP contribution in [-0.2, 0) is 0 Å². The van der Waals surface area contributed by atoms with E-state index in [-0.39, 0.29) is 0 Å². The van der Waals surface area contributed by atoms with E-state index in [2.05, 4.69) is 36.2 Å². The number of benzene rings is 2. The highest BCUT2D eigenvalue weighted by molar-refractivity contribution is 7.27. The first kappa shape index (κ1) is 11.1. The summed E-state index contributed by atoms with van der Waals surface area (Å²) in [6.07, 6.45) is 0. The molecule has 92 valence electrons. The van der Waals surface area contributed by atoms with Crippen LogP contribution in [-0.4, -0.2) is 9.97 Å². The molecule has 0 spiro atoms. The summed E-state index contributed by atoms with van der Waals surface area (Å²) in [5.41, 5.74) is 3.38. The van der Waals surface area contributed by atoms with Crippen molar-refractivity contribution in [3.63, 3.8) is 0 Å². The average molecular weight is 282 g/mol. The van der Waals surface area contributed by atoms with E-state index in [4.69, 9.17) is 4.98 Å². The summed E-state index contributed by atoms with van der Waals surface area (Å²) in [5, 5.41) is 2.03. The van der Waals surface area contributed by atoms with Crippen molar-refractivity contribution in [1.29, 1.82) is 0 Å². The second-order valence-corrected chi connectivity index (χ2v) is 6.49. The van der Waals surface area contributed by atoms with Crippen LogP contribution in [0.5, 0.6) is 0 Å². The Hall–Kier alpha value is -1.78. The van der Waals surface area contributed by atoms with E-state index in [1.54, 1.807) is 22.7 Å². The third kappa shape index (κ3) is 1.76. The van der Waals surface area contributed by atoms with Crippen LogP contribution in [0.1, 0.15) is 5.56 Å². The average Bonchev–Trinajstić information content (AvgIpc) is 3.02. The van der Waals surface area contributed by atoms with Crippen LogP contribution >= 0.6 is 22.7 Å². The molecule has 0 fully saturated rings. The number of rotatable bonds is 1. The molecular weight excluding hydrogens is 272 g/mol. The largest absolute Gasteiger partial charge is 0.233 e. The first-order valence-corrected chi connectivity index (χ1v) is 7.67. The Balaban J connectivity index is 1.96. The van der Waals surface area contributed by atoms with Crippen molar-refractivity contribution in [2.75, 3.05) is 0 Å². The normalized spacial score (nSPS) is 11.4. The number of hydrogen-bond donors (Lipinski definition) is 0. The molecule has 0 aliphatic rings. The summed E-state index contributed by atoms with van der Waals surface area (Å²) in [4.78, 5) is 9.42. The van der Waals surface area contributed by atoms with Crippen LogP contribution in [0.25, 0.3) is 30.4 Å². The summed E-state index contributed by atoms with van der Waals surface area (Å²) in [7, 11) is 0. The minimum absolute atomic E-state index is 1.02. The van der Waals surface area contributed by atoms with E-state index in [9.17, 15) is 0 Å². The van der Waals surface area contributed by atoms with Gasteiger partial charge in [0.25, 0.3) is 0 Å². The molecule has 4 aromatic rings. The highest BCUT2D eigenvalue weighted by Gasteiger charge is 2.11. The zero-order chi connectivity index (χ0) is 12.8. The second-order valence-electron chi connectivity index (χ2n) is 4.43. The van der Waals surface area contributed by atoms with Gasteiger partial charge in [-0.25, -0.2) is 9.97 Å². The number of aryl methyl sites for hydroxylation is 1. The van der Waals surface area contributed by atoms with E-state index in [0.717, 1.165) is 21.0 Å². The predicted molar refractivity (Wildman–Crippen MR) is 83.0 cm³/mol. The molecule has 0 saturated heterocycles. The van der Waals surface area contributed by atoms with Crippen molar-refractivity contribution >= 4 is 43.1 Å². The summed E-state index contributed by atoms with van der Waals surface area (Å²) in [6, 6.07) is 14.5. The number of aromatic nitrogens is 2. The Morgan fingerprint density at radius 2 is 1.53 bits per heavy atom. The van der Waals surface area contributed by atoms with E-state index < -0.39 is 0 Å². The lowest BCUT2D eigenvalue weighted by Crippen LogP contribution is -1.76. The summed E-state index contributed by atoms with van der Waals surface area (Å²) in [5.74, 6) is 0. The van der Waals surface area contributed by atoms with Crippen LogP contribution in [0.15, 0.2) is 42.5 Å². The third-order valence-corrected chi connectivity index (χ3v) is 5.30. The van der Waals surface area contributed by atoms with Crippen molar-refractivity contribution in [3.05, 3.63) is 48.0 Å². The molecule has 2 aromatic carbocycles. The summed E-state index contributed by atoms with van der Waals surface area (Å²) >= 11 is 3.42. The number of hydrogen-bond acceptors (Lipinski definition) is 4.